The van der Waals surface area contributed by atoms with Gasteiger partial charge in [-0.2, -0.15) is 0 Å². The van der Waals surface area contributed by atoms with Gasteiger partial charge in [-0.25, -0.2) is 0 Å². The Bertz CT molecular complexity index is 295. The third-order valence-electron chi connectivity index (χ3n) is 3.66. The molecule has 1 rings (SSSR count). The van der Waals surface area contributed by atoms with Crippen LogP contribution in [0.1, 0.15) is 59.8 Å². The summed E-state index contributed by atoms with van der Waals surface area (Å²) in [6.45, 7) is 11.5. The van der Waals surface area contributed by atoms with Crippen molar-refractivity contribution < 1.29 is 9.59 Å². The fourth-order valence-electron chi connectivity index (χ4n) is 2.49. The average molecular weight is 299 g/mol. The van der Waals surface area contributed by atoms with E-state index in [2.05, 4.69) is 29.4 Å². The first-order chi connectivity index (χ1) is 10.0. The standard InChI is InChI=1S/C10H20N2O.C6H13NO/c1-3-12-8-4-5-10(12)6-7-11-9(2)13;1-3-4-5-7-6(2)8/h10H,3-8H2,1-2H3,(H,11,13);3-5H2,1-2H3,(H,7,8). The molecule has 1 fully saturated rings. The van der Waals surface area contributed by atoms with Gasteiger partial charge in [-0.15, -0.1) is 0 Å². The number of carbonyl (C=O) groups excluding carboxylic acids is 2. The molecule has 0 aromatic carbocycles. The molecule has 0 aromatic heterocycles. The average Bonchev–Trinajstić information content (AvgIpc) is 2.86. The van der Waals surface area contributed by atoms with Crippen LogP contribution in [0.25, 0.3) is 0 Å². The maximum absolute atomic E-state index is 10.6. The first-order valence-electron chi connectivity index (χ1n) is 8.24. The molecule has 1 atom stereocenters. The number of hydrogen-bond donors (Lipinski definition) is 2. The summed E-state index contributed by atoms with van der Waals surface area (Å²) in [6.07, 6.45) is 5.94. The molecule has 1 saturated heterocycles. The van der Waals surface area contributed by atoms with Gasteiger partial charge in [0, 0.05) is 33.0 Å². The maximum atomic E-state index is 10.6. The lowest BCUT2D eigenvalue weighted by Gasteiger charge is -2.22. The highest BCUT2D eigenvalue weighted by atomic mass is 16.1. The van der Waals surface area contributed by atoms with Crippen molar-refractivity contribution in [3.05, 3.63) is 0 Å². The highest BCUT2D eigenvalue weighted by Gasteiger charge is 2.21. The summed E-state index contributed by atoms with van der Waals surface area (Å²) >= 11 is 0. The van der Waals surface area contributed by atoms with Crippen molar-refractivity contribution in [1.82, 2.24) is 15.5 Å². The molecule has 0 aromatic rings. The number of rotatable bonds is 7. The summed E-state index contributed by atoms with van der Waals surface area (Å²) in [5, 5.41) is 5.56. The monoisotopic (exact) mass is 299 g/mol. The van der Waals surface area contributed by atoms with E-state index in [1.54, 1.807) is 6.92 Å². The minimum Gasteiger partial charge on any atom is -0.356 e. The second-order valence-corrected chi connectivity index (χ2v) is 5.53. The zero-order valence-corrected chi connectivity index (χ0v) is 14.2. The van der Waals surface area contributed by atoms with Crippen molar-refractivity contribution in [2.24, 2.45) is 0 Å². The van der Waals surface area contributed by atoms with Crippen molar-refractivity contribution >= 4 is 11.8 Å². The van der Waals surface area contributed by atoms with Crippen molar-refractivity contribution in [3.8, 4) is 0 Å². The van der Waals surface area contributed by atoms with Crippen LogP contribution in [-0.4, -0.2) is 48.9 Å². The van der Waals surface area contributed by atoms with Crippen molar-refractivity contribution in [1.29, 1.82) is 0 Å². The zero-order chi connectivity index (χ0) is 16.1. The SMILES string of the molecule is CCCCNC(C)=O.CCN1CCCC1CCNC(C)=O. The molecule has 5 heteroatoms. The first kappa shape index (κ1) is 19.9. The largest absolute Gasteiger partial charge is 0.356 e. The lowest BCUT2D eigenvalue weighted by molar-refractivity contribution is -0.119. The van der Waals surface area contributed by atoms with Crippen molar-refractivity contribution in [2.45, 2.75) is 65.8 Å². The summed E-state index contributed by atoms with van der Waals surface area (Å²) in [6, 6.07) is 0.705. The Balaban J connectivity index is 0.000000433. The molecule has 2 N–H and O–H groups in total. The Morgan fingerprint density at radius 3 is 2.24 bits per heavy atom. The topological polar surface area (TPSA) is 61.4 Å². The molecule has 1 heterocycles. The van der Waals surface area contributed by atoms with E-state index in [0.717, 1.165) is 38.9 Å². The summed E-state index contributed by atoms with van der Waals surface area (Å²) in [4.78, 5) is 23.4. The van der Waals surface area contributed by atoms with Crippen LogP contribution in [0.3, 0.4) is 0 Å². The number of hydrogen-bond acceptors (Lipinski definition) is 3. The summed E-state index contributed by atoms with van der Waals surface area (Å²) in [5.74, 6) is 0.152. The van der Waals surface area contributed by atoms with E-state index in [1.807, 2.05) is 0 Å². The summed E-state index contributed by atoms with van der Waals surface area (Å²) < 4.78 is 0. The van der Waals surface area contributed by atoms with E-state index in [0.29, 0.717) is 6.04 Å². The van der Waals surface area contributed by atoms with E-state index < -0.39 is 0 Å². The van der Waals surface area contributed by atoms with Crippen LogP contribution in [0, 0.1) is 0 Å². The van der Waals surface area contributed by atoms with Crippen LogP contribution in [0.2, 0.25) is 0 Å². The molecule has 0 saturated carbocycles. The molecule has 0 radical (unpaired) electrons. The Morgan fingerprint density at radius 2 is 1.71 bits per heavy atom. The molecule has 0 bridgehead atoms. The number of likely N-dealkylation sites (tertiary alicyclic amines) is 1. The van der Waals surface area contributed by atoms with Gasteiger partial charge < -0.3 is 15.5 Å². The Morgan fingerprint density at radius 1 is 1.10 bits per heavy atom. The first-order valence-corrected chi connectivity index (χ1v) is 8.24. The van der Waals surface area contributed by atoms with E-state index in [4.69, 9.17) is 0 Å². The van der Waals surface area contributed by atoms with Gasteiger partial charge in [0.1, 0.15) is 0 Å². The van der Waals surface area contributed by atoms with Gasteiger partial charge in [0.25, 0.3) is 0 Å². The number of carbonyl (C=O) groups is 2. The molecule has 1 aliphatic rings. The normalized spacial score (nSPS) is 17.8. The van der Waals surface area contributed by atoms with Gasteiger partial charge in [-0.3, -0.25) is 9.59 Å². The van der Waals surface area contributed by atoms with Crippen LogP contribution >= 0.6 is 0 Å². The second-order valence-electron chi connectivity index (χ2n) is 5.53. The van der Waals surface area contributed by atoms with Crippen LogP contribution in [0.15, 0.2) is 0 Å². The van der Waals surface area contributed by atoms with E-state index >= 15 is 0 Å². The van der Waals surface area contributed by atoms with E-state index in [1.165, 1.54) is 26.3 Å². The molecular weight excluding hydrogens is 266 g/mol. The summed E-state index contributed by atoms with van der Waals surface area (Å²) in [5.41, 5.74) is 0. The quantitative estimate of drug-likeness (QED) is 0.706. The van der Waals surface area contributed by atoms with Gasteiger partial charge in [-0.1, -0.05) is 20.3 Å². The molecule has 5 nitrogen and oxygen atoms in total. The van der Waals surface area contributed by atoms with Crippen molar-refractivity contribution in [3.63, 3.8) is 0 Å². The maximum Gasteiger partial charge on any atom is 0.216 e. The molecule has 21 heavy (non-hydrogen) atoms. The number of nitrogens with zero attached hydrogens (tertiary/aromatic N) is 1. The molecule has 1 unspecified atom stereocenters. The Labute approximate surface area is 129 Å². The minimum absolute atomic E-state index is 0.0680. The van der Waals surface area contributed by atoms with Crippen LogP contribution in [0.4, 0.5) is 0 Å². The second kappa shape index (κ2) is 12.6. The van der Waals surface area contributed by atoms with E-state index in [9.17, 15) is 9.59 Å². The van der Waals surface area contributed by atoms with Gasteiger partial charge in [-0.05, 0) is 38.8 Å². The molecular formula is C16H33N3O2. The Hall–Kier alpha value is -1.10. The fourth-order valence-corrected chi connectivity index (χ4v) is 2.49. The number of unbranched alkanes of at least 4 members (excludes halogenated alkanes) is 1. The number of amides is 2. The van der Waals surface area contributed by atoms with Gasteiger partial charge in [0.05, 0.1) is 0 Å². The van der Waals surface area contributed by atoms with Gasteiger partial charge in [0.2, 0.25) is 11.8 Å². The third-order valence-corrected chi connectivity index (χ3v) is 3.66. The summed E-state index contributed by atoms with van der Waals surface area (Å²) in [7, 11) is 0. The van der Waals surface area contributed by atoms with E-state index in [-0.39, 0.29) is 11.8 Å². The third kappa shape index (κ3) is 11.3. The van der Waals surface area contributed by atoms with Gasteiger partial charge in [0.15, 0.2) is 0 Å². The zero-order valence-electron chi connectivity index (χ0n) is 14.2. The molecule has 1 aliphatic heterocycles. The van der Waals surface area contributed by atoms with Gasteiger partial charge >= 0.3 is 0 Å². The van der Waals surface area contributed by atoms with Crippen LogP contribution < -0.4 is 10.6 Å². The lowest BCUT2D eigenvalue weighted by Crippen LogP contribution is -2.33. The molecule has 0 spiro atoms. The molecule has 0 aliphatic carbocycles. The lowest BCUT2D eigenvalue weighted by atomic mass is 10.1. The number of nitrogens with one attached hydrogen (secondary N) is 2. The molecule has 2 amide bonds. The minimum atomic E-state index is 0.0680. The highest BCUT2D eigenvalue weighted by molar-refractivity contribution is 5.72. The molecule has 124 valence electrons. The van der Waals surface area contributed by atoms with Crippen LogP contribution in [-0.2, 0) is 9.59 Å². The predicted molar refractivity (Wildman–Crippen MR) is 87.2 cm³/mol. The fraction of sp³-hybridized carbons (Fsp3) is 0.875. The van der Waals surface area contributed by atoms with Crippen molar-refractivity contribution in [2.75, 3.05) is 26.2 Å². The van der Waals surface area contributed by atoms with Crippen LogP contribution in [0.5, 0.6) is 0 Å². The smallest absolute Gasteiger partial charge is 0.216 e. The highest BCUT2D eigenvalue weighted by Crippen LogP contribution is 2.18. The Kier molecular flexibility index (Phi) is 12.0. The predicted octanol–water partition coefficient (Wildman–Crippen LogP) is 1.92.